The van der Waals surface area contributed by atoms with Crippen molar-refractivity contribution >= 4 is 40.7 Å². The topological polar surface area (TPSA) is 60.7 Å². The molecule has 0 bridgehead atoms. The smallest absolute Gasteiger partial charge is 0.338 e. The Bertz CT molecular complexity index is 1650. The van der Waals surface area contributed by atoms with E-state index in [0.29, 0.717) is 31.2 Å². The number of fused-ring (bicyclic) bond motifs is 1. The molecule has 5 nitrogen and oxygen atoms in total. The molecule has 2 heterocycles. The third-order valence-corrected chi connectivity index (χ3v) is 7.13. The molecule has 36 heavy (non-hydrogen) atoms. The van der Waals surface area contributed by atoms with Crippen LogP contribution in [0.1, 0.15) is 35.2 Å². The van der Waals surface area contributed by atoms with Crippen LogP contribution in [-0.2, 0) is 9.53 Å². The summed E-state index contributed by atoms with van der Waals surface area (Å²) in [6, 6.07) is 23.9. The van der Waals surface area contributed by atoms with Gasteiger partial charge in [0.1, 0.15) is 0 Å². The normalized spacial score (nSPS) is 15.4. The van der Waals surface area contributed by atoms with E-state index in [-0.39, 0.29) is 12.2 Å². The average Bonchev–Trinajstić information content (AvgIpc) is 3.19. The molecule has 0 unspecified atom stereocenters. The molecule has 1 aliphatic heterocycles. The summed E-state index contributed by atoms with van der Waals surface area (Å²) in [5.74, 6) is -0.516. The van der Waals surface area contributed by atoms with Crippen molar-refractivity contribution in [3.05, 3.63) is 131 Å². The molecule has 5 rings (SSSR count). The van der Waals surface area contributed by atoms with E-state index in [2.05, 4.69) is 0 Å². The quantitative estimate of drug-likeness (QED) is 0.356. The van der Waals surface area contributed by atoms with Gasteiger partial charge in [0.05, 0.1) is 28.5 Å². The van der Waals surface area contributed by atoms with Crippen LogP contribution < -0.4 is 14.9 Å². The second-order valence-corrected chi connectivity index (χ2v) is 9.84. The van der Waals surface area contributed by atoms with Gasteiger partial charge in [0.25, 0.3) is 5.56 Å². The van der Waals surface area contributed by atoms with Gasteiger partial charge in [-0.1, -0.05) is 95.2 Å². The Balaban J connectivity index is 1.83. The number of nitrogens with zero attached hydrogens (tertiary/aromatic N) is 2. The average molecular weight is 515 g/mol. The number of rotatable bonds is 5. The van der Waals surface area contributed by atoms with E-state index in [0.717, 1.165) is 16.7 Å². The molecule has 0 N–H and O–H groups in total. The van der Waals surface area contributed by atoms with Gasteiger partial charge in [-0.3, -0.25) is 9.36 Å². The van der Waals surface area contributed by atoms with Crippen LogP contribution in [0, 0.1) is 6.92 Å². The highest BCUT2D eigenvalue weighted by Crippen LogP contribution is 2.35. The van der Waals surface area contributed by atoms with E-state index in [1.807, 2.05) is 79.7 Å². The molecule has 7 heteroatoms. The van der Waals surface area contributed by atoms with Crippen LogP contribution >= 0.6 is 22.9 Å². The first-order valence-electron chi connectivity index (χ1n) is 11.6. The predicted molar refractivity (Wildman–Crippen MR) is 144 cm³/mol. The third-order valence-electron chi connectivity index (χ3n) is 5.91. The molecular weight excluding hydrogens is 492 g/mol. The molecule has 0 saturated heterocycles. The van der Waals surface area contributed by atoms with E-state index in [1.165, 1.54) is 11.3 Å². The summed E-state index contributed by atoms with van der Waals surface area (Å²) < 4.78 is 7.58. The Morgan fingerprint density at radius 2 is 1.83 bits per heavy atom. The lowest BCUT2D eigenvalue weighted by Gasteiger charge is -2.26. The number of ether oxygens (including phenoxy) is 1. The van der Waals surface area contributed by atoms with Crippen molar-refractivity contribution in [3.8, 4) is 0 Å². The van der Waals surface area contributed by atoms with Crippen LogP contribution in [0.4, 0.5) is 0 Å². The van der Waals surface area contributed by atoms with Crippen LogP contribution in [0.5, 0.6) is 0 Å². The Kier molecular flexibility index (Phi) is 6.72. The van der Waals surface area contributed by atoms with E-state index < -0.39 is 12.0 Å². The van der Waals surface area contributed by atoms with Crippen molar-refractivity contribution in [1.82, 2.24) is 4.57 Å². The largest absolute Gasteiger partial charge is 0.463 e. The maximum Gasteiger partial charge on any atom is 0.338 e. The Hall–Kier alpha value is -3.74. The SMILES string of the molecule is CCOC(=O)C1=C(c2ccccc2)N=c2s/c(=C\c3ccc(C)cc3)c(=O)n2[C@H]1c1cccc(Cl)c1. The molecule has 0 fully saturated rings. The summed E-state index contributed by atoms with van der Waals surface area (Å²) in [5.41, 5.74) is 4.10. The number of aromatic nitrogens is 1. The van der Waals surface area contributed by atoms with Gasteiger partial charge in [-0.15, -0.1) is 0 Å². The fourth-order valence-electron chi connectivity index (χ4n) is 4.25. The molecule has 0 aliphatic carbocycles. The summed E-state index contributed by atoms with van der Waals surface area (Å²) in [6.45, 7) is 3.97. The lowest BCUT2D eigenvalue weighted by Crippen LogP contribution is -2.40. The Morgan fingerprint density at radius 3 is 2.53 bits per heavy atom. The van der Waals surface area contributed by atoms with Gasteiger partial charge in [0, 0.05) is 10.6 Å². The van der Waals surface area contributed by atoms with Gasteiger partial charge in [0.2, 0.25) is 0 Å². The van der Waals surface area contributed by atoms with Crippen LogP contribution in [0.25, 0.3) is 11.8 Å². The summed E-state index contributed by atoms with van der Waals surface area (Å²) in [5, 5.41) is 0.510. The summed E-state index contributed by atoms with van der Waals surface area (Å²) >= 11 is 7.65. The summed E-state index contributed by atoms with van der Waals surface area (Å²) in [4.78, 5) is 32.6. The monoisotopic (exact) mass is 514 g/mol. The van der Waals surface area contributed by atoms with Crippen molar-refractivity contribution in [2.75, 3.05) is 6.61 Å². The predicted octanol–water partition coefficient (Wildman–Crippen LogP) is 4.90. The first-order chi connectivity index (χ1) is 17.5. The van der Waals surface area contributed by atoms with Gasteiger partial charge in [-0.2, -0.15) is 0 Å². The molecule has 1 aromatic heterocycles. The summed E-state index contributed by atoms with van der Waals surface area (Å²) in [7, 11) is 0. The van der Waals surface area contributed by atoms with Gasteiger partial charge in [-0.05, 0) is 43.2 Å². The third kappa shape index (κ3) is 4.57. The molecular formula is C29H23ClN2O3S. The van der Waals surface area contributed by atoms with E-state index in [9.17, 15) is 9.59 Å². The van der Waals surface area contributed by atoms with Gasteiger partial charge < -0.3 is 4.74 Å². The van der Waals surface area contributed by atoms with Gasteiger partial charge >= 0.3 is 5.97 Å². The number of esters is 1. The molecule has 0 saturated carbocycles. The van der Waals surface area contributed by atoms with Crippen LogP contribution in [-0.4, -0.2) is 17.1 Å². The first kappa shape index (κ1) is 24.0. The molecule has 1 aliphatic rings. The lowest BCUT2D eigenvalue weighted by molar-refractivity contribution is -0.138. The maximum atomic E-state index is 13.8. The second kappa shape index (κ2) is 10.1. The van der Waals surface area contributed by atoms with Crippen molar-refractivity contribution < 1.29 is 9.53 Å². The summed E-state index contributed by atoms with van der Waals surface area (Å²) in [6.07, 6.45) is 1.86. The highest BCUT2D eigenvalue weighted by atomic mass is 35.5. The van der Waals surface area contributed by atoms with Crippen molar-refractivity contribution in [3.63, 3.8) is 0 Å². The number of thiazole rings is 1. The Labute approximate surface area is 217 Å². The van der Waals surface area contributed by atoms with E-state index in [1.54, 1.807) is 23.6 Å². The first-order valence-corrected chi connectivity index (χ1v) is 12.8. The highest BCUT2D eigenvalue weighted by molar-refractivity contribution is 7.07. The van der Waals surface area contributed by atoms with E-state index in [4.69, 9.17) is 21.3 Å². The minimum absolute atomic E-state index is 0.199. The van der Waals surface area contributed by atoms with Crippen molar-refractivity contribution in [1.29, 1.82) is 0 Å². The number of hydrogen-bond donors (Lipinski definition) is 0. The molecule has 180 valence electrons. The number of hydrogen-bond acceptors (Lipinski definition) is 5. The number of aryl methyl sites for hydroxylation is 1. The number of carbonyl (C=O) groups is 1. The minimum Gasteiger partial charge on any atom is -0.463 e. The van der Waals surface area contributed by atoms with Crippen LogP contribution in [0.2, 0.25) is 5.02 Å². The molecule has 4 aromatic rings. The fourth-order valence-corrected chi connectivity index (χ4v) is 5.45. The molecule has 0 spiro atoms. The zero-order valence-corrected chi connectivity index (χ0v) is 21.3. The fraction of sp³-hybridized carbons (Fsp3) is 0.138. The molecule has 3 aromatic carbocycles. The highest BCUT2D eigenvalue weighted by Gasteiger charge is 2.35. The molecule has 1 atom stereocenters. The van der Waals surface area contributed by atoms with Gasteiger partial charge in [-0.25, -0.2) is 9.79 Å². The van der Waals surface area contributed by atoms with Gasteiger partial charge in [0.15, 0.2) is 4.80 Å². The standard InChI is InChI=1S/C29H23ClN2O3S/c1-3-35-28(34)24-25(20-8-5-4-6-9-20)31-29-32(26(24)21-10-7-11-22(30)17-21)27(33)23(36-29)16-19-14-12-18(2)13-15-19/h4-17,26H,3H2,1-2H3/b23-16-/t26-/m0/s1. The van der Waals surface area contributed by atoms with Crippen molar-refractivity contribution in [2.24, 2.45) is 4.99 Å². The molecule has 0 amide bonds. The second-order valence-electron chi connectivity index (χ2n) is 8.40. The van der Waals surface area contributed by atoms with Crippen LogP contribution in [0.15, 0.2) is 94.2 Å². The number of carbonyl (C=O) groups excluding carboxylic acids is 1. The maximum absolute atomic E-state index is 13.8. The van der Waals surface area contributed by atoms with E-state index >= 15 is 0 Å². The zero-order chi connectivity index (χ0) is 25.2. The van der Waals surface area contributed by atoms with Crippen molar-refractivity contribution in [2.45, 2.75) is 19.9 Å². The van der Waals surface area contributed by atoms with Crippen LogP contribution in [0.3, 0.4) is 0 Å². The minimum atomic E-state index is -0.741. The number of halogens is 1. The zero-order valence-electron chi connectivity index (χ0n) is 19.8. The molecule has 0 radical (unpaired) electrons. The lowest BCUT2D eigenvalue weighted by atomic mass is 9.93. The Morgan fingerprint density at radius 1 is 1.08 bits per heavy atom. The number of benzene rings is 3.